The lowest BCUT2D eigenvalue weighted by Crippen LogP contribution is -2.24. The number of rotatable bonds is 4. The maximum Gasteiger partial charge on any atom is 0.381 e. The van der Waals surface area contributed by atoms with Crippen LogP contribution in [-0.4, -0.2) is 44.7 Å². The van der Waals surface area contributed by atoms with Gasteiger partial charge in [-0.3, -0.25) is 0 Å². The van der Waals surface area contributed by atoms with Gasteiger partial charge in [0.2, 0.25) is 5.82 Å². The maximum absolute atomic E-state index is 10.6. The van der Waals surface area contributed by atoms with Crippen LogP contribution in [-0.2, 0) is 11.3 Å². The Morgan fingerprint density at radius 1 is 1.56 bits per heavy atom. The van der Waals surface area contributed by atoms with Gasteiger partial charge in [0.25, 0.3) is 0 Å². The minimum atomic E-state index is -0.520. The summed E-state index contributed by atoms with van der Waals surface area (Å²) in [6.45, 7) is 3.29. The van der Waals surface area contributed by atoms with Gasteiger partial charge in [0.05, 0.1) is 12.9 Å². The minimum Gasteiger partial charge on any atom is -0.358 e. The number of nitro groups is 1. The molecule has 0 saturated carbocycles. The number of carbonyl (C=O) groups excluding carboxylic acids is 1. The lowest BCUT2D eigenvalue weighted by molar-refractivity contribution is -0.389. The Hall–Kier alpha value is -2.47. The highest BCUT2D eigenvalue weighted by Gasteiger charge is 2.16. The molecule has 94 valence electrons. The molecule has 0 radical (unpaired) electrons. The molecule has 1 aromatic rings. The van der Waals surface area contributed by atoms with Gasteiger partial charge in [-0.25, -0.2) is 9.79 Å². The molecule has 0 aromatic carbocycles. The number of hydrogen-bond donors (Lipinski definition) is 0. The molecule has 8 heteroatoms. The molecule has 18 heavy (non-hydrogen) atoms. The van der Waals surface area contributed by atoms with E-state index in [4.69, 9.17) is 0 Å². The fraction of sp³-hybridized carbons (Fsp3) is 0.400. The van der Waals surface area contributed by atoms with Gasteiger partial charge in [0.1, 0.15) is 17.8 Å². The van der Waals surface area contributed by atoms with Crippen LogP contribution >= 0.6 is 0 Å². The summed E-state index contributed by atoms with van der Waals surface area (Å²) in [5.74, 6) is 2.17. The molecule has 2 heterocycles. The lowest BCUT2D eigenvalue weighted by atomic mass is 10.4. The van der Waals surface area contributed by atoms with Crippen LogP contribution in [0.1, 0.15) is 5.82 Å². The first kappa shape index (κ1) is 12.0. The number of aryl methyl sites for hydroxylation is 1. The fourth-order valence-corrected chi connectivity index (χ4v) is 1.66. The molecule has 1 aliphatic rings. The molecule has 0 spiro atoms. The van der Waals surface area contributed by atoms with Crippen LogP contribution in [0.3, 0.4) is 0 Å². The Kier molecular flexibility index (Phi) is 3.20. The van der Waals surface area contributed by atoms with Crippen LogP contribution in [0.25, 0.3) is 0 Å². The highest BCUT2D eigenvalue weighted by atomic mass is 16.6. The number of hydrogen-bond acceptors (Lipinski definition) is 6. The lowest BCUT2D eigenvalue weighted by Gasteiger charge is -2.13. The van der Waals surface area contributed by atoms with Gasteiger partial charge < -0.3 is 19.6 Å². The van der Waals surface area contributed by atoms with E-state index in [0.717, 1.165) is 0 Å². The van der Waals surface area contributed by atoms with Gasteiger partial charge in [0, 0.05) is 20.0 Å². The first-order valence-corrected chi connectivity index (χ1v) is 5.30. The topological polar surface area (TPSA) is 93.6 Å². The maximum atomic E-state index is 10.6. The first-order valence-electron chi connectivity index (χ1n) is 5.30. The van der Waals surface area contributed by atoms with Crippen molar-refractivity contribution in [3.63, 3.8) is 0 Å². The average molecular weight is 249 g/mol. The predicted molar refractivity (Wildman–Crippen MR) is 62.9 cm³/mol. The molecular weight excluding hydrogens is 238 g/mol. The summed E-state index contributed by atoms with van der Waals surface area (Å²) in [6.07, 6.45) is 2.97. The van der Waals surface area contributed by atoms with Crippen molar-refractivity contribution in [1.82, 2.24) is 14.5 Å². The van der Waals surface area contributed by atoms with Crippen LogP contribution in [0.4, 0.5) is 5.82 Å². The van der Waals surface area contributed by atoms with Crippen LogP contribution < -0.4 is 0 Å². The van der Waals surface area contributed by atoms with Gasteiger partial charge in [-0.1, -0.05) is 0 Å². The Labute approximate surface area is 102 Å². The number of aromatic nitrogens is 2. The van der Waals surface area contributed by atoms with E-state index in [9.17, 15) is 14.9 Å². The van der Waals surface area contributed by atoms with Crippen LogP contribution in [0.5, 0.6) is 0 Å². The molecule has 2 rings (SSSR count). The Morgan fingerprint density at radius 3 is 2.89 bits per heavy atom. The number of aliphatic imine (C=N–C) groups is 1. The monoisotopic (exact) mass is 249 g/mol. The summed E-state index contributed by atoms with van der Waals surface area (Å²) >= 11 is 0. The molecule has 0 saturated heterocycles. The predicted octanol–water partition coefficient (Wildman–Crippen LogP) is 0.159. The van der Waals surface area contributed by atoms with E-state index >= 15 is 0 Å². The van der Waals surface area contributed by atoms with E-state index in [-0.39, 0.29) is 5.82 Å². The molecule has 0 N–H and O–H groups in total. The van der Waals surface area contributed by atoms with E-state index in [1.54, 1.807) is 23.8 Å². The normalized spacial score (nSPS) is 14.1. The molecular formula is C10H11N5O3. The molecule has 0 fully saturated rings. The smallest absolute Gasteiger partial charge is 0.358 e. The van der Waals surface area contributed by atoms with Crippen molar-refractivity contribution >= 4 is 18.1 Å². The third-order valence-corrected chi connectivity index (χ3v) is 2.63. The highest BCUT2D eigenvalue weighted by Crippen LogP contribution is 2.11. The Balaban J connectivity index is 1.97. The standard InChI is InChI=1S/C10H11N5O3/c1-8-12-10(15(17)18)5-14(8)3-2-13-4-9(6-16)11-7-13/h5,7H,2-4H2,1H3. The summed E-state index contributed by atoms with van der Waals surface area (Å²) in [5, 5.41) is 10.6. The molecule has 0 bridgehead atoms. The molecule has 1 aliphatic heterocycles. The third kappa shape index (κ3) is 2.44. The quantitative estimate of drug-likeness (QED) is 0.430. The van der Waals surface area contributed by atoms with Crippen LogP contribution in [0, 0.1) is 17.0 Å². The molecule has 0 unspecified atom stereocenters. The van der Waals surface area contributed by atoms with E-state index in [1.807, 2.05) is 4.90 Å². The van der Waals surface area contributed by atoms with Gasteiger partial charge in [0.15, 0.2) is 0 Å². The van der Waals surface area contributed by atoms with Crippen molar-refractivity contribution in [2.75, 3.05) is 13.1 Å². The summed E-state index contributed by atoms with van der Waals surface area (Å²) in [7, 11) is 0. The largest absolute Gasteiger partial charge is 0.381 e. The zero-order chi connectivity index (χ0) is 13.1. The fourth-order valence-electron chi connectivity index (χ4n) is 1.66. The van der Waals surface area contributed by atoms with Gasteiger partial charge in [-0.05, 0) is 9.91 Å². The zero-order valence-corrected chi connectivity index (χ0v) is 9.74. The van der Waals surface area contributed by atoms with Gasteiger partial charge in [-0.15, -0.1) is 0 Å². The Bertz CT molecular complexity index is 556. The minimum absolute atomic E-state index is 0.156. The van der Waals surface area contributed by atoms with Crippen LogP contribution in [0.2, 0.25) is 0 Å². The van der Waals surface area contributed by atoms with Crippen molar-refractivity contribution in [3.8, 4) is 0 Å². The molecule has 8 nitrogen and oxygen atoms in total. The van der Waals surface area contributed by atoms with E-state index < -0.39 is 4.92 Å². The Morgan fingerprint density at radius 2 is 2.33 bits per heavy atom. The van der Waals surface area contributed by atoms with E-state index in [2.05, 4.69) is 9.98 Å². The second-order valence-electron chi connectivity index (χ2n) is 3.86. The molecule has 0 amide bonds. The number of nitrogens with zero attached hydrogens (tertiary/aromatic N) is 5. The summed E-state index contributed by atoms with van der Waals surface area (Å²) in [6, 6.07) is 0. The van der Waals surface area contributed by atoms with E-state index in [0.29, 0.717) is 31.2 Å². The van der Waals surface area contributed by atoms with Gasteiger partial charge >= 0.3 is 5.82 Å². The van der Waals surface area contributed by atoms with Crippen molar-refractivity contribution in [1.29, 1.82) is 0 Å². The second-order valence-corrected chi connectivity index (χ2v) is 3.86. The third-order valence-electron chi connectivity index (χ3n) is 2.63. The summed E-state index contributed by atoms with van der Waals surface area (Å²) in [4.78, 5) is 29.9. The van der Waals surface area contributed by atoms with E-state index in [1.165, 1.54) is 6.20 Å². The molecule has 1 aromatic heterocycles. The highest BCUT2D eigenvalue weighted by molar-refractivity contribution is 5.67. The van der Waals surface area contributed by atoms with Crippen LogP contribution in [0.15, 0.2) is 16.9 Å². The SMILES string of the molecule is Cc1nc([N+](=O)[O-])cn1CCN1C=NC(=C=O)C1. The van der Waals surface area contributed by atoms with Crippen molar-refractivity contribution in [2.24, 2.45) is 4.99 Å². The average Bonchev–Trinajstić information content (AvgIpc) is 2.93. The number of imidazole rings is 1. The molecule has 0 aliphatic carbocycles. The first-order chi connectivity index (χ1) is 8.60. The summed E-state index contributed by atoms with van der Waals surface area (Å²) in [5.41, 5.74) is 0.364. The van der Waals surface area contributed by atoms with Crippen molar-refractivity contribution in [3.05, 3.63) is 27.8 Å². The van der Waals surface area contributed by atoms with Crippen molar-refractivity contribution in [2.45, 2.75) is 13.5 Å². The molecule has 0 atom stereocenters. The summed E-state index contributed by atoms with van der Waals surface area (Å²) < 4.78 is 1.70. The van der Waals surface area contributed by atoms with Crippen molar-refractivity contribution < 1.29 is 9.72 Å². The second kappa shape index (κ2) is 4.80. The zero-order valence-electron chi connectivity index (χ0n) is 9.74. The van der Waals surface area contributed by atoms with Gasteiger partial charge in [-0.2, -0.15) is 0 Å².